The molecule has 0 aliphatic heterocycles. The van der Waals surface area contributed by atoms with E-state index in [1.165, 1.54) is 17.9 Å². The summed E-state index contributed by atoms with van der Waals surface area (Å²) in [5, 5.41) is 12.7. The van der Waals surface area contributed by atoms with Gasteiger partial charge in [-0.05, 0) is 18.2 Å². The van der Waals surface area contributed by atoms with E-state index in [0.717, 1.165) is 16.4 Å². The van der Waals surface area contributed by atoms with Crippen LogP contribution in [-0.4, -0.2) is 39.1 Å². The van der Waals surface area contributed by atoms with Gasteiger partial charge in [0.05, 0.1) is 17.3 Å². The van der Waals surface area contributed by atoms with Gasteiger partial charge in [0.25, 0.3) is 0 Å². The molecule has 0 fully saturated rings. The SMILES string of the molecule is Cn1nc(C(F)(F)F)cc1-c1nc2c3cnn(-c4ccccc4)c3ncn2n1. The van der Waals surface area contributed by atoms with Crippen molar-refractivity contribution in [2.75, 3.05) is 0 Å². The Bertz CT molecular complexity index is 1310. The third kappa shape index (κ3) is 2.43. The smallest absolute Gasteiger partial charge is 0.264 e. The van der Waals surface area contributed by atoms with Crippen LogP contribution in [0.4, 0.5) is 13.2 Å². The minimum atomic E-state index is -4.54. The number of nitrogens with zero attached hydrogens (tertiary/aromatic N) is 8. The zero-order valence-corrected chi connectivity index (χ0v) is 14.3. The summed E-state index contributed by atoms with van der Waals surface area (Å²) in [5.74, 6) is 0.118. The number of aromatic nitrogens is 8. The second-order valence-electron chi connectivity index (χ2n) is 6.11. The van der Waals surface area contributed by atoms with Crippen LogP contribution in [0.1, 0.15) is 5.69 Å². The van der Waals surface area contributed by atoms with Gasteiger partial charge >= 0.3 is 6.18 Å². The Morgan fingerprint density at radius 1 is 1.00 bits per heavy atom. The third-order valence-corrected chi connectivity index (χ3v) is 4.31. The topological polar surface area (TPSA) is 78.7 Å². The van der Waals surface area contributed by atoms with Crippen molar-refractivity contribution in [2.24, 2.45) is 7.05 Å². The number of benzene rings is 1. The first kappa shape index (κ1) is 16.4. The minimum Gasteiger partial charge on any atom is -0.264 e. The molecule has 5 aromatic rings. The zero-order valence-electron chi connectivity index (χ0n) is 14.3. The maximum absolute atomic E-state index is 12.9. The summed E-state index contributed by atoms with van der Waals surface area (Å²) in [5.41, 5.74) is 0.995. The van der Waals surface area contributed by atoms with E-state index >= 15 is 0 Å². The molecule has 4 aromatic heterocycles. The van der Waals surface area contributed by atoms with E-state index in [1.807, 2.05) is 30.3 Å². The van der Waals surface area contributed by atoms with Crippen molar-refractivity contribution < 1.29 is 13.2 Å². The van der Waals surface area contributed by atoms with Gasteiger partial charge in [0, 0.05) is 7.05 Å². The number of hydrogen-bond acceptors (Lipinski definition) is 5. The fraction of sp³-hybridized carbons (Fsp3) is 0.118. The van der Waals surface area contributed by atoms with Crippen LogP contribution in [0, 0.1) is 0 Å². The Hall–Kier alpha value is -3.76. The molecule has 0 bridgehead atoms. The number of halogens is 3. The van der Waals surface area contributed by atoms with Crippen LogP contribution in [0.25, 0.3) is 33.9 Å². The van der Waals surface area contributed by atoms with Crippen molar-refractivity contribution in [1.29, 1.82) is 0 Å². The lowest BCUT2D eigenvalue weighted by molar-refractivity contribution is -0.141. The second-order valence-corrected chi connectivity index (χ2v) is 6.11. The van der Waals surface area contributed by atoms with Crippen molar-refractivity contribution in [3.8, 4) is 17.2 Å². The standard InChI is InChI=1S/C17H11F3N8/c1-26-12(7-13(24-26)17(18,19)20)14-23-16-11-8-22-28(10-5-3-2-4-6-10)15(11)21-9-27(16)25-14/h2-9H,1H3. The largest absolute Gasteiger partial charge is 0.435 e. The molecule has 28 heavy (non-hydrogen) atoms. The maximum Gasteiger partial charge on any atom is 0.435 e. The Labute approximate surface area is 154 Å². The third-order valence-electron chi connectivity index (χ3n) is 4.31. The van der Waals surface area contributed by atoms with Crippen molar-refractivity contribution in [2.45, 2.75) is 6.18 Å². The molecule has 0 radical (unpaired) electrons. The molecular weight excluding hydrogens is 373 g/mol. The van der Waals surface area contributed by atoms with Gasteiger partial charge in [-0.1, -0.05) is 18.2 Å². The first-order valence-electron chi connectivity index (χ1n) is 8.18. The second kappa shape index (κ2) is 5.62. The summed E-state index contributed by atoms with van der Waals surface area (Å²) in [6.07, 6.45) is -1.48. The molecule has 5 rings (SSSR count). The van der Waals surface area contributed by atoms with Crippen LogP contribution in [0.2, 0.25) is 0 Å². The predicted octanol–water partition coefficient (Wildman–Crippen LogP) is 2.88. The highest BCUT2D eigenvalue weighted by atomic mass is 19.4. The predicted molar refractivity (Wildman–Crippen MR) is 92.6 cm³/mol. The van der Waals surface area contributed by atoms with E-state index < -0.39 is 11.9 Å². The number of aryl methyl sites for hydroxylation is 1. The van der Waals surface area contributed by atoms with E-state index in [0.29, 0.717) is 16.7 Å². The fourth-order valence-corrected chi connectivity index (χ4v) is 3.00. The van der Waals surface area contributed by atoms with E-state index in [4.69, 9.17) is 0 Å². The molecule has 0 unspecified atom stereocenters. The van der Waals surface area contributed by atoms with Crippen molar-refractivity contribution in [3.63, 3.8) is 0 Å². The lowest BCUT2D eigenvalue weighted by atomic mass is 10.3. The van der Waals surface area contributed by atoms with Gasteiger partial charge in [0.15, 0.2) is 17.0 Å². The molecule has 0 saturated heterocycles. The van der Waals surface area contributed by atoms with E-state index in [9.17, 15) is 13.2 Å². The van der Waals surface area contributed by atoms with Crippen LogP contribution in [0.5, 0.6) is 0 Å². The van der Waals surface area contributed by atoms with Crippen LogP contribution in [0.15, 0.2) is 48.9 Å². The Kier molecular flexibility index (Phi) is 3.29. The van der Waals surface area contributed by atoms with Crippen molar-refractivity contribution in [1.82, 2.24) is 39.1 Å². The highest BCUT2D eigenvalue weighted by molar-refractivity contribution is 5.89. The minimum absolute atomic E-state index is 0.118. The summed E-state index contributed by atoms with van der Waals surface area (Å²) < 4.78 is 43.0. The number of hydrogen-bond donors (Lipinski definition) is 0. The maximum atomic E-state index is 12.9. The summed E-state index contributed by atoms with van der Waals surface area (Å²) in [6, 6.07) is 10.4. The summed E-state index contributed by atoms with van der Waals surface area (Å²) in [6.45, 7) is 0. The summed E-state index contributed by atoms with van der Waals surface area (Å²) in [4.78, 5) is 8.78. The number of fused-ring (bicyclic) bond motifs is 3. The average Bonchev–Trinajstić information content (AvgIpc) is 3.36. The van der Waals surface area contributed by atoms with E-state index in [2.05, 4.69) is 25.3 Å². The van der Waals surface area contributed by atoms with Gasteiger partial charge in [-0.3, -0.25) is 4.68 Å². The molecule has 0 N–H and O–H groups in total. The van der Waals surface area contributed by atoms with Crippen LogP contribution in [-0.2, 0) is 13.2 Å². The van der Waals surface area contributed by atoms with Crippen LogP contribution in [0.3, 0.4) is 0 Å². The molecule has 0 saturated carbocycles. The highest BCUT2D eigenvalue weighted by Crippen LogP contribution is 2.31. The first-order valence-corrected chi connectivity index (χ1v) is 8.18. The molecule has 0 spiro atoms. The molecule has 4 heterocycles. The fourth-order valence-electron chi connectivity index (χ4n) is 3.00. The first-order chi connectivity index (χ1) is 13.4. The van der Waals surface area contributed by atoms with Crippen LogP contribution >= 0.6 is 0 Å². The Balaban J connectivity index is 1.67. The number of rotatable bonds is 2. The summed E-state index contributed by atoms with van der Waals surface area (Å²) >= 11 is 0. The normalized spacial score (nSPS) is 12.3. The molecule has 0 atom stereocenters. The van der Waals surface area contributed by atoms with Gasteiger partial charge < -0.3 is 0 Å². The zero-order chi connectivity index (χ0) is 19.5. The molecule has 8 nitrogen and oxygen atoms in total. The lowest BCUT2D eigenvalue weighted by Crippen LogP contribution is -2.06. The summed E-state index contributed by atoms with van der Waals surface area (Å²) in [7, 11) is 1.41. The van der Waals surface area contributed by atoms with E-state index in [-0.39, 0.29) is 11.5 Å². The molecule has 0 aliphatic rings. The molecule has 140 valence electrons. The molecular formula is C17H11F3N8. The van der Waals surface area contributed by atoms with Gasteiger partial charge in [-0.2, -0.15) is 23.4 Å². The van der Waals surface area contributed by atoms with Gasteiger partial charge in [-0.25, -0.2) is 19.2 Å². The van der Waals surface area contributed by atoms with Gasteiger partial charge in [-0.15, -0.1) is 5.10 Å². The molecule has 0 amide bonds. The van der Waals surface area contributed by atoms with Crippen molar-refractivity contribution >= 4 is 16.7 Å². The van der Waals surface area contributed by atoms with Gasteiger partial charge in [0.2, 0.25) is 5.82 Å². The lowest BCUT2D eigenvalue weighted by Gasteiger charge is -2.01. The monoisotopic (exact) mass is 384 g/mol. The Morgan fingerprint density at radius 2 is 1.79 bits per heavy atom. The highest BCUT2D eigenvalue weighted by Gasteiger charge is 2.35. The molecule has 1 aromatic carbocycles. The average molecular weight is 384 g/mol. The molecule has 0 aliphatic carbocycles. The Morgan fingerprint density at radius 3 is 2.50 bits per heavy atom. The van der Waals surface area contributed by atoms with Crippen LogP contribution < -0.4 is 0 Å². The molecule has 11 heteroatoms. The quantitative estimate of drug-likeness (QED) is 0.468. The van der Waals surface area contributed by atoms with Gasteiger partial charge in [0.1, 0.15) is 12.0 Å². The number of alkyl halides is 3. The number of para-hydroxylation sites is 1. The van der Waals surface area contributed by atoms with Crippen molar-refractivity contribution in [3.05, 3.63) is 54.6 Å². The van der Waals surface area contributed by atoms with E-state index in [1.54, 1.807) is 10.9 Å².